The maximum atomic E-state index is 13.2. The first-order chi connectivity index (χ1) is 14.2. The Morgan fingerprint density at radius 3 is 2.53 bits per heavy atom. The third kappa shape index (κ3) is 4.75. The van der Waals surface area contributed by atoms with Gasteiger partial charge in [-0.15, -0.1) is 0 Å². The fourth-order valence-corrected chi connectivity index (χ4v) is 3.28. The van der Waals surface area contributed by atoms with Crippen LogP contribution in [-0.2, 0) is 4.79 Å². The first kappa shape index (κ1) is 21.7. The van der Waals surface area contributed by atoms with Gasteiger partial charge in [0.2, 0.25) is 5.91 Å². The molecule has 160 valence electrons. The number of amides is 2. The maximum Gasteiger partial charge on any atom is 0.255 e. The van der Waals surface area contributed by atoms with Crippen LogP contribution < -0.4 is 19.7 Å². The van der Waals surface area contributed by atoms with Crippen LogP contribution in [0.4, 0.5) is 11.4 Å². The third-order valence-electron chi connectivity index (χ3n) is 5.20. The molecule has 0 spiro atoms. The van der Waals surface area contributed by atoms with E-state index in [1.54, 1.807) is 42.3 Å². The van der Waals surface area contributed by atoms with Crippen LogP contribution in [0.15, 0.2) is 42.5 Å². The maximum absolute atomic E-state index is 13.2. The second kappa shape index (κ2) is 8.78. The molecule has 30 heavy (non-hydrogen) atoms. The Labute approximate surface area is 178 Å². The Balaban J connectivity index is 1.88. The van der Waals surface area contributed by atoms with Crippen LogP contribution in [0.1, 0.15) is 44.5 Å². The summed E-state index contributed by atoms with van der Waals surface area (Å²) in [5.74, 6) is 1.61. The van der Waals surface area contributed by atoms with Crippen LogP contribution in [0.2, 0.25) is 0 Å². The highest BCUT2D eigenvalue weighted by atomic mass is 16.5. The number of carbonyl (C=O) groups excluding carboxylic acids is 2. The van der Waals surface area contributed by atoms with E-state index in [9.17, 15) is 9.59 Å². The number of benzene rings is 2. The van der Waals surface area contributed by atoms with Crippen molar-refractivity contribution >= 4 is 23.2 Å². The summed E-state index contributed by atoms with van der Waals surface area (Å²) in [6.07, 6.45) is 0.879. The highest BCUT2D eigenvalue weighted by molar-refractivity contribution is 6.05. The van der Waals surface area contributed by atoms with Crippen LogP contribution in [0.5, 0.6) is 11.5 Å². The molecule has 0 atom stereocenters. The molecule has 1 aliphatic rings. The standard InChI is InChI=1S/C24H30N2O4/c1-16(2)12-13-26-20-14-18(8-11-21(20)30-15-24(3,4)23(26)28)25-22(27)17-6-9-19(29-5)10-7-17/h6-11,14,16H,12-13,15H2,1-5H3,(H,25,27). The van der Waals surface area contributed by atoms with E-state index in [-0.39, 0.29) is 11.8 Å². The molecule has 3 rings (SSSR count). The Hall–Kier alpha value is -3.02. The lowest BCUT2D eigenvalue weighted by Gasteiger charge is -2.28. The normalized spacial score (nSPS) is 15.3. The van der Waals surface area contributed by atoms with Gasteiger partial charge in [-0.2, -0.15) is 0 Å². The number of ether oxygens (including phenoxy) is 2. The highest BCUT2D eigenvalue weighted by Gasteiger charge is 2.37. The van der Waals surface area contributed by atoms with Crippen molar-refractivity contribution in [2.45, 2.75) is 34.1 Å². The molecule has 0 saturated heterocycles. The lowest BCUT2D eigenvalue weighted by molar-refractivity contribution is -0.127. The molecule has 0 radical (unpaired) electrons. The molecule has 2 aromatic carbocycles. The Morgan fingerprint density at radius 1 is 1.20 bits per heavy atom. The van der Waals surface area contributed by atoms with Crippen molar-refractivity contribution in [3.63, 3.8) is 0 Å². The van der Waals surface area contributed by atoms with Crippen LogP contribution in [0.3, 0.4) is 0 Å². The fourth-order valence-electron chi connectivity index (χ4n) is 3.28. The van der Waals surface area contributed by atoms with Gasteiger partial charge in [-0.3, -0.25) is 9.59 Å². The predicted molar refractivity (Wildman–Crippen MR) is 118 cm³/mol. The molecule has 0 bridgehead atoms. The zero-order valence-electron chi connectivity index (χ0n) is 18.3. The smallest absolute Gasteiger partial charge is 0.255 e. The van der Waals surface area contributed by atoms with Gasteiger partial charge in [-0.25, -0.2) is 0 Å². The molecule has 0 unspecified atom stereocenters. The largest absolute Gasteiger partial charge is 0.497 e. The summed E-state index contributed by atoms with van der Waals surface area (Å²) in [5.41, 5.74) is 1.21. The van der Waals surface area contributed by atoms with Gasteiger partial charge in [0.05, 0.1) is 18.2 Å². The van der Waals surface area contributed by atoms with E-state index in [0.717, 1.165) is 6.42 Å². The van der Waals surface area contributed by atoms with E-state index in [1.165, 1.54) is 0 Å². The van der Waals surface area contributed by atoms with Crippen LogP contribution >= 0.6 is 0 Å². The number of methoxy groups -OCH3 is 1. The second-order valence-electron chi connectivity index (χ2n) is 8.68. The molecule has 1 heterocycles. The van der Waals surface area contributed by atoms with Gasteiger partial charge < -0.3 is 19.7 Å². The summed E-state index contributed by atoms with van der Waals surface area (Å²) >= 11 is 0. The third-order valence-corrected chi connectivity index (χ3v) is 5.20. The van der Waals surface area contributed by atoms with Crippen molar-refractivity contribution in [2.24, 2.45) is 11.3 Å². The van der Waals surface area contributed by atoms with Crippen molar-refractivity contribution in [2.75, 3.05) is 30.5 Å². The second-order valence-corrected chi connectivity index (χ2v) is 8.68. The van der Waals surface area contributed by atoms with E-state index >= 15 is 0 Å². The minimum atomic E-state index is -0.623. The molecule has 1 aliphatic heterocycles. The van der Waals surface area contributed by atoms with Crippen LogP contribution in [0.25, 0.3) is 0 Å². The Kier molecular flexibility index (Phi) is 6.34. The summed E-state index contributed by atoms with van der Waals surface area (Å²) in [6.45, 7) is 8.99. The zero-order valence-corrected chi connectivity index (χ0v) is 18.3. The number of hydrogen-bond acceptors (Lipinski definition) is 4. The minimum Gasteiger partial charge on any atom is -0.497 e. The van der Waals surface area contributed by atoms with Gasteiger partial charge in [0, 0.05) is 17.8 Å². The minimum absolute atomic E-state index is 0.0283. The molecule has 0 saturated carbocycles. The first-order valence-corrected chi connectivity index (χ1v) is 10.3. The van der Waals surface area contributed by atoms with Gasteiger partial charge in [0.25, 0.3) is 5.91 Å². The Morgan fingerprint density at radius 2 is 1.90 bits per heavy atom. The number of hydrogen-bond donors (Lipinski definition) is 1. The van der Waals surface area contributed by atoms with Crippen molar-refractivity contribution in [1.29, 1.82) is 0 Å². The molecule has 0 aliphatic carbocycles. The van der Waals surface area contributed by atoms with Crippen molar-refractivity contribution in [3.05, 3.63) is 48.0 Å². The summed E-state index contributed by atoms with van der Waals surface area (Å²) in [6, 6.07) is 12.3. The molecule has 0 fully saturated rings. The van der Waals surface area contributed by atoms with Crippen LogP contribution in [0, 0.1) is 11.3 Å². The number of carbonyl (C=O) groups is 2. The summed E-state index contributed by atoms with van der Waals surface area (Å²) < 4.78 is 11.1. The van der Waals surface area contributed by atoms with Crippen molar-refractivity contribution < 1.29 is 19.1 Å². The van der Waals surface area contributed by atoms with Gasteiger partial charge in [-0.05, 0) is 68.7 Å². The monoisotopic (exact) mass is 410 g/mol. The topological polar surface area (TPSA) is 67.9 Å². The lowest BCUT2D eigenvalue weighted by atomic mass is 9.92. The molecule has 1 N–H and O–H groups in total. The average Bonchev–Trinajstić information content (AvgIpc) is 2.81. The SMILES string of the molecule is COc1ccc(C(=O)Nc2ccc3c(c2)N(CCC(C)C)C(=O)C(C)(C)CO3)cc1. The molecule has 2 amide bonds. The fraction of sp³-hybridized carbons (Fsp3) is 0.417. The number of nitrogens with one attached hydrogen (secondary N) is 1. The van der Waals surface area contributed by atoms with E-state index in [4.69, 9.17) is 9.47 Å². The van der Waals surface area contributed by atoms with E-state index < -0.39 is 5.41 Å². The number of rotatable bonds is 6. The molecular formula is C24H30N2O4. The van der Waals surface area contributed by atoms with Crippen molar-refractivity contribution in [1.82, 2.24) is 0 Å². The lowest BCUT2D eigenvalue weighted by Crippen LogP contribution is -2.42. The molecule has 6 heteroatoms. The van der Waals surface area contributed by atoms with Crippen molar-refractivity contribution in [3.8, 4) is 11.5 Å². The molecular weight excluding hydrogens is 380 g/mol. The molecule has 6 nitrogen and oxygen atoms in total. The average molecular weight is 411 g/mol. The summed E-state index contributed by atoms with van der Waals surface area (Å²) in [4.78, 5) is 27.7. The molecule has 0 aromatic heterocycles. The predicted octanol–water partition coefficient (Wildman–Crippen LogP) is 4.75. The highest BCUT2D eigenvalue weighted by Crippen LogP contribution is 2.38. The van der Waals surface area contributed by atoms with Gasteiger partial charge >= 0.3 is 0 Å². The van der Waals surface area contributed by atoms with Gasteiger partial charge in [0.1, 0.15) is 18.1 Å². The van der Waals surface area contributed by atoms with Crippen LogP contribution in [-0.4, -0.2) is 32.1 Å². The molecule has 2 aromatic rings. The van der Waals surface area contributed by atoms with Gasteiger partial charge in [-0.1, -0.05) is 13.8 Å². The number of fused-ring (bicyclic) bond motifs is 1. The van der Waals surface area contributed by atoms with Gasteiger partial charge in [0.15, 0.2) is 0 Å². The quantitative estimate of drug-likeness (QED) is 0.747. The number of anilines is 2. The van der Waals surface area contributed by atoms with E-state index in [2.05, 4.69) is 19.2 Å². The van der Waals surface area contributed by atoms with E-state index in [1.807, 2.05) is 26.0 Å². The summed E-state index contributed by atoms with van der Waals surface area (Å²) in [7, 11) is 1.58. The first-order valence-electron chi connectivity index (χ1n) is 10.3. The number of nitrogens with zero attached hydrogens (tertiary/aromatic N) is 1. The summed E-state index contributed by atoms with van der Waals surface area (Å²) in [5, 5.41) is 2.91. The zero-order chi connectivity index (χ0) is 21.9. The van der Waals surface area contributed by atoms with E-state index in [0.29, 0.717) is 47.5 Å². The Bertz CT molecular complexity index is 919.